The molecule has 0 spiro atoms. The molecule has 1 aliphatic heterocycles. The van der Waals surface area contributed by atoms with E-state index in [9.17, 15) is 8.42 Å². The molecule has 1 aromatic carbocycles. The average molecular weight is 282 g/mol. The number of nitrogens with one attached hydrogen (secondary N) is 2. The van der Waals surface area contributed by atoms with Gasteiger partial charge in [0.05, 0.1) is 5.75 Å². The third kappa shape index (κ3) is 5.30. The first-order chi connectivity index (χ1) is 9.16. The molecule has 1 unspecified atom stereocenters. The van der Waals surface area contributed by atoms with Crippen molar-refractivity contribution in [2.45, 2.75) is 19.3 Å². The topological polar surface area (TPSA) is 58.2 Å². The maximum atomic E-state index is 12.0. The van der Waals surface area contributed by atoms with Crippen LogP contribution in [-0.4, -0.2) is 33.8 Å². The fraction of sp³-hybridized carbons (Fsp3) is 0.571. The van der Waals surface area contributed by atoms with Gasteiger partial charge >= 0.3 is 0 Å². The lowest BCUT2D eigenvalue weighted by Crippen LogP contribution is -2.38. The van der Waals surface area contributed by atoms with Gasteiger partial charge in [-0.1, -0.05) is 30.3 Å². The van der Waals surface area contributed by atoms with Crippen LogP contribution in [0.4, 0.5) is 0 Å². The Morgan fingerprint density at radius 3 is 2.74 bits per heavy atom. The normalized spacial score (nSPS) is 20.3. The predicted octanol–water partition coefficient (Wildman–Crippen LogP) is 1.15. The van der Waals surface area contributed by atoms with Crippen molar-refractivity contribution in [3.63, 3.8) is 0 Å². The molecule has 0 aliphatic carbocycles. The molecule has 0 aromatic heterocycles. The van der Waals surface area contributed by atoms with Crippen molar-refractivity contribution in [2.75, 3.05) is 25.4 Å². The summed E-state index contributed by atoms with van der Waals surface area (Å²) >= 11 is 0. The lowest BCUT2D eigenvalue weighted by molar-refractivity contribution is 0.403. The maximum absolute atomic E-state index is 12.0. The van der Waals surface area contributed by atoms with Crippen LogP contribution in [0.15, 0.2) is 30.3 Å². The van der Waals surface area contributed by atoms with E-state index >= 15 is 0 Å². The highest BCUT2D eigenvalue weighted by Crippen LogP contribution is 2.11. The van der Waals surface area contributed by atoms with Gasteiger partial charge in [-0.05, 0) is 43.8 Å². The van der Waals surface area contributed by atoms with Gasteiger partial charge in [-0.3, -0.25) is 0 Å². The Bertz CT molecular complexity index is 467. The first-order valence-corrected chi connectivity index (χ1v) is 8.53. The SMILES string of the molecule is O=S(=O)(CC1CCCNC1)NCCc1ccccc1. The molecule has 0 amide bonds. The molecule has 1 aliphatic rings. The van der Waals surface area contributed by atoms with Gasteiger partial charge in [0, 0.05) is 6.54 Å². The average Bonchev–Trinajstić information content (AvgIpc) is 2.40. The summed E-state index contributed by atoms with van der Waals surface area (Å²) in [6.07, 6.45) is 2.82. The highest BCUT2D eigenvalue weighted by atomic mass is 32.2. The number of sulfonamides is 1. The minimum absolute atomic E-state index is 0.245. The lowest BCUT2D eigenvalue weighted by atomic mass is 10.0. The summed E-state index contributed by atoms with van der Waals surface area (Å²) in [7, 11) is -3.14. The number of rotatable bonds is 6. The van der Waals surface area contributed by atoms with Crippen molar-refractivity contribution in [3.05, 3.63) is 35.9 Å². The predicted molar refractivity (Wildman–Crippen MR) is 77.5 cm³/mol. The smallest absolute Gasteiger partial charge is 0.211 e. The second kappa shape index (κ2) is 7.03. The monoisotopic (exact) mass is 282 g/mol. The van der Waals surface area contributed by atoms with Crippen molar-refractivity contribution in [2.24, 2.45) is 5.92 Å². The summed E-state index contributed by atoms with van der Waals surface area (Å²) in [6, 6.07) is 9.93. The minimum atomic E-state index is -3.14. The molecule has 19 heavy (non-hydrogen) atoms. The molecule has 106 valence electrons. The zero-order valence-electron chi connectivity index (χ0n) is 11.1. The molecule has 0 radical (unpaired) electrons. The van der Waals surface area contributed by atoms with E-state index in [0.717, 1.165) is 37.9 Å². The van der Waals surface area contributed by atoms with E-state index in [1.165, 1.54) is 0 Å². The molecule has 2 rings (SSSR count). The van der Waals surface area contributed by atoms with Gasteiger partial charge in [-0.15, -0.1) is 0 Å². The molecule has 4 nitrogen and oxygen atoms in total. The first-order valence-electron chi connectivity index (χ1n) is 6.88. The Balaban J connectivity index is 1.74. The fourth-order valence-electron chi connectivity index (χ4n) is 2.43. The Morgan fingerprint density at radius 1 is 1.26 bits per heavy atom. The molecule has 2 N–H and O–H groups in total. The van der Waals surface area contributed by atoms with E-state index in [-0.39, 0.29) is 11.7 Å². The second-order valence-corrected chi connectivity index (χ2v) is 6.98. The van der Waals surface area contributed by atoms with E-state index in [1.54, 1.807) is 0 Å². The zero-order valence-corrected chi connectivity index (χ0v) is 12.0. The van der Waals surface area contributed by atoms with Crippen LogP contribution in [0.2, 0.25) is 0 Å². The summed E-state index contributed by atoms with van der Waals surface area (Å²) < 4.78 is 26.6. The van der Waals surface area contributed by atoms with Crippen LogP contribution in [-0.2, 0) is 16.4 Å². The summed E-state index contributed by atoms with van der Waals surface area (Å²) in [5.41, 5.74) is 1.16. The molecule has 5 heteroatoms. The molecule has 1 fully saturated rings. The van der Waals surface area contributed by atoms with Crippen LogP contribution < -0.4 is 10.0 Å². The van der Waals surface area contributed by atoms with E-state index < -0.39 is 10.0 Å². The van der Waals surface area contributed by atoms with Crippen molar-refractivity contribution in [1.82, 2.24) is 10.0 Å². The van der Waals surface area contributed by atoms with Crippen LogP contribution in [0.5, 0.6) is 0 Å². The first kappa shape index (κ1) is 14.5. The number of piperidine rings is 1. The Hall–Kier alpha value is -0.910. The van der Waals surface area contributed by atoms with Crippen molar-refractivity contribution in [3.8, 4) is 0 Å². The van der Waals surface area contributed by atoms with Gasteiger partial charge in [-0.2, -0.15) is 0 Å². The molecule has 0 bridgehead atoms. The highest BCUT2D eigenvalue weighted by molar-refractivity contribution is 7.89. The van der Waals surface area contributed by atoms with Gasteiger partial charge in [0.25, 0.3) is 0 Å². The van der Waals surface area contributed by atoms with E-state index in [2.05, 4.69) is 10.0 Å². The molecule has 0 saturated carbocycles. The van der Waals surface area contributed by atoms with E-state index in [0.29, 0.717) is 6.54 Å². The quantitative estimate of drug-likeness (QED) is 0.823. The van der Waals surface area contributed by atoms with E-state index in [1.807, 2.05) is 30.3 Å². The second-order valence-electron chi connectivity index (χ2n) is 5.12. The van der Waals surface area contributed by atoms with Gasteiger partial charge in [0.1, 0.15) is 0 Å². The molecule has 1 atom stereocenters. The van der Waals surface area contributed by atoms with Crippen LogP contribution in [0, 0.1) is 5.92 Å². The maximum Gasteiger partial charge on any atom is 0.211 e. The number of benzene rings is 1. The largest absolute Gasteiger partial charge is 0.316 e. The van der Waals surface area contributed by atoms with Crippen LogP contribution in [0.25, 0.3) is 0 Å². The molecular weight excluding hydrogens is 260 g/mol. The molecule has 1 saturated heterocycles. The third-order valence-electron chi connectivity index (χ3n) is 3.43. The Kier molecular flexibility index (Phi) is 5.36. The standard InChI is InChI=1S/C14H22N2O2S/c17-19(18,12-14-7-4-9-15-11-14)16-10-8-13-5-2-1-3-6-13/h1-3,5-6,14-16H,4,7-12H2. The third-order valence-corrected chi connectivity index (χ3v) is 4.99. The number of hydrogen-bond acceptors (Lipinski definition) is 3. The Labute approximate surface area is 115 Å². The van der Waals surface area contributed by atoms with Crippen molar-refractivity contribution < 1.29 is 8.42 Å². The molecule has 1 aromatic rings. The summed E-state index contributed by atoms with van der Waals surface area (Å²) in [6.45, 7) is 2.31. The summed E-state index contributed by atoms with van der Waals surface area (Å²) in [4.78, 5) is 0. The van der Waals surface area contributed by atoms with Gasteiger partial charge < -0.3 is 5.32 Å². The van der Waals surface area contributed by atoms with Crippen molar-refractivity contribution >= 4 is 10.0 Å². The van der Waals surface area contributed by atoms with E-state index in [4.69, 9.17) is 0 Å². The zero-order chi connectivity index (χ0) is 13.6. The lowest BCUT2D eigenvalue weighted by Gasteiger charge is -2.22. The summed E-state index contributed by atoms with van der Waals surface area (Å²) in [5.74, 6) is 0.498. The summed E-state index contributed by atoms with van der Waals surface area (Å²) in [5, 5.41) is 3.25. The highest BCUT2D eigenvalue weighted by Gasteiger charge is 2.20. The van der Waals surface area contributed by atoms with Crippen molar-refractivity contribution in [1.29, 1.82) is 0 Å². The Morgan fingerprint density at radius 2 is 2.05 bits per heavy atom. The molecular formula is C14H22N2O2S. The van der Waals surface area contributed by atoms with Gasteiger partial charge in [0.2, 0.25) is 10.0 Å². The molecule has 1 heterocycles. The number of hydrogen-bond donors (Lipinski definition) is 2. The minimum Gasteiger partial charge on any atom is -0.316 e. The van der Waals surface area contributed by atoms with Crippen LogP contribution >= 0.6 is 0 Å². The fourth-order valence-corrected chi connectivity index (χ4v) is 3.87. The van der Waals surface area contributed by atoms with Gasteiger partial charge in [0.15, 0.2) is 0 Å². The van der Waals surface area contributed by atoms with Gasteiger partial charge in [-0.25, -0.2) is 13.1 Å². The van der Waals surface area contributed by atoms with Crippen LogP contribution in [0.1, 0.15) is 18.4 Å². The van der Waals surface area contributed by atoms with Crippen LogP contribution in [0.3, 0.4) is 0 Å².